The monoisotopic (exact) mass is 371 g/mol. The van der Waals surface area contributed by atoms with Gasteiger partial charge in [-0.05, 0) is 32.3 Å². The summed E-state index contributed by atoms with van der Waals surface area (Å²) in [6.45, 7) is 1.26. The predicted molar refractivity (Wildman–Crippen MR) is 98.3 cm³/mol. The van der Waals surface area contributed by atoms with Gasteiger partial charge in [0.25, 0.3) is 0 Å². The first-order chi connectivity index (χ1) is 12.9. The molecule has 0 aliphatic heterocycles. The van der Waals surface area contributed by atoms with Crippen LogP contribution in [0.4, 0.5) is 0 Å². The number of fused-ring (bicyclic) bond motifs is 1. The van der Waals surface area contributed by atoms with Crippen LogP contribution in [0, 0.1) is 0 Å². The molecule has 0 saturated heterocycles. The third-order valence-electron chi connectivity index (χ3n) is 4.09. The molecule has 0 bridgehead atoms. The van der Waals surface area contributed by atoms with Gasteiger partial charge < -0.3 is 24.1 Å². The quantitative estimate of drug-likeness (QED) is 0.787. The minimum Gasteiger partial charge on any atom is -0.493 e. The van der Waals surface area contributed by atoms with Crippen molar-refractivity contribution in [3.63, 3.8) is 0 Å². The van der Waals surface area contributed by atoms with Crippen molar-refractivity contribution in [2.24, 2.45) is 0 Å². The van der Waals surface area contributed by atoms with E-state index in [1.54, 1.807) is 18.2 Å². The van der Waals surface area contributed by atoms with E-state index in [0.29, 0.717) is 23.6 Å². The molecule has 2 aromatic rings. The lowest BCUT2D eigenvalue weighted by molar-refractivity contribution is 0.0960. The maximum absolute atomic E-state index is 12.6. The van der Waals surface area contributed by atoms with Crippen molar-refractivity contribution in [2.45, 2.75) is 0 Å². The number of hydrogen-bond donors (Lipinski definition) is 1. The number of methoxy groups -OCH3 is 2. The maximum Gasteiger partial charge on any atom is 0.231 e. The van der Waals surface area contributed by atoms with Crippen LogP contribution in [0.25, 0.3) is 11.5 Å². The molecule has 0 amide bonds. The summed E-state index contributed by atoms with van der Waals surface area (Å²) in [4.78, 5) is 31.2. The number of oxazole rings is 1. The average molecular weight is 371 g/mol. The standard InChI is InChI=1S/C19H21N3O5/c1-22(2)8-7-20-12-10-13(23)18-16(17(12)24)21-19(27-18)11-5-6-14(25-3)15(9-11)26-4/h5-6,9-10,20H,7-8H2,1-4H3. The topological polar surface area (TPSA) is 93.9 Å². The number of hydrogen-bond acceptors (Lipinski definition) is 8. The Morgan fingerprint density at radius 2 is 1.89 bits per heavy atom. The Balaban J connectivity index is 1.88. The van der Waals surface area contributed by atoms with E-state index in [-0.39, 0.29) is 28.8 Å². The van der Waals surface area contributed by atoms with E-state index in [2.05, 4.69) is 10.3 Å². The molecular formula is C19H21N3O5. The molecule has 0 atom stereocenters. The highest BCUT2D eigenvalue weighted by molar-refractivity contribution is 6.22. The molecule has 0 saturated carbocycles. The van der Waals surface area contributed by atoms with Crippen molar-refractivity contribution >= 4 is 11.6 Å². The van der Waals surface area contributed by atoms with Crippen molar-refractivity contribution in [1.82, 2.24) is 15.2 Å². The van der Waals surface area contributed by atoms with E-state index in [0.717, 1.165) is 6.54 Å². The van der Waals surface area contributed by atoms with Gasteiger partial charge >= 0.3 is 0 Å². The zero-order valence-electron chi connectivity index (χ0n) is 15.7. The summed E-state index contributed by atoms with van der Waals surface area (Å²) >= 11 is 0. The highest BCUT2D eigenvalue weighted by Crippen LogP contribution is 2.33. The van der Waals surface area contributed by atoms with Crippen molar-refractivity contribution < 1.29 is 23.5 Å². The second-order valence-corrected chi connectivity index (χ2v) is 6.25. The van der Waals surface area contributed by atoms with Crippen molar-refractivity contribution in [1.29, 1.82) is 0 Å². The van der Waals surface area contributed by atoms with E-state index in [9.17, 15) is 9.59 Å². The molecule has 3 rings (SSSR count). The minimum atomic E-state index is -0.392. The lowest BCUT2D eigenvalue weighted by Crippen LogP contribution is -2.31. The lowest BCUT2D eigenvalue weighted by atomic mass is 10.0. The van der Waals surface area contributed by atoms with Crippen LogP contribution in [-0.2, 0) is 0 Å². The van der Waals surface area contributed by atoms with Crippen LogP contribution in [0.3, 0.4) is 0 Å². The summed E-state index contributed by atoms with van der Waals surface area (Å²) in [7, 11) is 6.91. The number of likely N-dealkylation sites (N-methyl/N-ethyl adjacent to an activating group) is 1. The number of benzene rings is 1. The molecule has 0 spiro atoms. The lowest BCUT2D eigenvalue weighted by Gasteiger charge is -2.14. The third kappa shape index (κ3) is 3.70. The molecule has 1 heterocycles. The summed E-state index contributed by atoms with van der Waals surface area (Å²) < 4.78 is 16.1. The summed E-state index contributed by atoms with van der Waals surface area (Å²) in [5.74, 6) is 0.412. The molecule has 27 heavy (non-hydrogen) atoms. The third-order valence-corrected chi connectivity index (χ3v) is 4.09. The summed E-state index contributed by atoms with van der Waals surface area (Å²) in [5.41, 5.74) is 0.811. The van der Waals surface area contributed by atoms with Crippen molar-refractivity contribution in [3.05, 3.63) is 41.4 Å². The SMILES string of the molecule is COc1ccc(-c2nc3c(o2)C(=O)C=C(NCCN(C)C)C3=O)cc1OC. The van der Waals surface area contributed by atoms with Gasteiger partial charge in [0.15, 0.2) is 17.2 Å². The number of aromatic nitrogens is 1. The molecule has 1 aliphatic carbocycles. The van der Waals surface area contributed by atoms with Gasteiger partial charge in [-0.15, -0.1) is 0 Å². The number of nitrogens with one attached hydrogen (secondary N) is 1. The highest BCUT2D eigenvalue weighted by atomic mass is 16.5. The van der Waals surface area contributed by atoms with Crippen LogP contribution >= 0.6 is 0 Å². The smallest absolute Gasteiger partial charge is 0.231 e. The molecule has 8 nitrogen and oxygen atoms in total. The first-order valence-electron chi connectivity index (χ1n) is 8.37. The number of allylic oxidation sites excluding steroid dienone is 2. The predicted octanol–water partition coefficient (Wildman–Crippen LogP) is 1.77. The molecule has 142 valence electrons. The first kappa shape index (κ1) is 18.7. The second kappa shape index (κ2) is 7.63. The van der Waals surface area contributed by atoms with Gasteiger partial charge in [0.1, 0.15) is 0 Å². The molecular weight excluding hydrogens is 350 g/mol. The van der Waals surface area contributed by atoms with E-state index < -0.39 is 5.78 Å². The Morgan fingerprint density at radius 3 is 2.56 bits per heavy atom. The number of rotatable bonds is 7. The van der Waals surface area contributed by atoms with Gasteiger partial charge in [0.2, 0.25) is 23.2 Å². The van der Waals surface area contributed by atoms with E-state index in [4.69, 9.17) is 13.9 Å². The van der Waals surface area contributed by atoms with Gasteiger partial charge in [0, 0.05) is 24.7 Å². The van der Waals surface area contributed by atoms with E-state index in [1.165, 1.54) is 20.3 Å². The molecule has 1 aromatic carbocycles. The number of Topliss-reactive ketones (excluding diaryl/α,β-unsaturated/α-hetero) is 1. The summed E-state index contributed by atoms with van der Waals surface area (Å²) in [5, 5.41) is 2.99. The number of ketones is 2. The highest BCUT2D eigenvalue weighted by Gasteiger charge is 2.32. The Bertz CT molecular complexity index is 914. The largest absolute Gasteiger partial charge is 0.493 e. The zero-order valence-corrected chi connectivity index (χ0v) is 15.7. The van der Waals surface area contributed by atoms with Crippen LogP contribution in [-0.4, -0.2) is 62.9 Å². The van der Waals surface area contributed by atoms with Crippen LogP contribution in [0.5, 0.6) is 11.5 Å². The van der Waals surface area contributed by atoms with Crippen molar-refractivity contribution in [2.75, 3.05) is 41.4 Å². The molecule has 1 N–H and O–H groups in total. The molecule has 0 unspecified atom stereocenters. The summed E-state index contributed by atoms with van der Waals surface area (Å²) in [6, 6.07) is 5.10. The normalized spacial score (nSPS) is 13.4. The Morgan fingerprint density at radius 1 is 1.15 bits per heavy atom. The first-order valence-corrected chi connectivity index (χ1v) is 8.37. The maximum atomic E-state index is 12.6. The van der Waals surface area contributed by atoms with E-state index in [1.807, 2.05) is 19.0 Å². The number of carbonyl (C=O) groups excluding carboxylic acids is 2. The summed E-state index contributed by atoms with van der Waals surface area (Å²) in [6.07, 6.45) is 1.25. The molecule has 0 fully saturated rings. The number of carbonyl (C=O) groups is 2. The molecule has 0 radical (unpaired) electrons. The van der Waals surface area contributed by atoms with Gasteiger partial charge in [-0.25, -0.2) is 4.98 Å². The van der Waals surface area contributed by atoms with Crippen LogP contribution in [0.1, 0.15) is 21.0 Å². The van der Waals surface area contributed by atoms with Gasteiger partial charge in [-0.3, -0.25) is 9.59 Å². The Kier molecular flexibility index (Phi) is 5.27. The van der Waals surface area contributed by atoms with Crippen LogP contribution in [0.15, 0.2) is 34.4 Å². The van der Waals surface area contributed by atoms with Crippen LogP contribution < -0.4 is 14.8 Å². The average Bonchev–Trinajstić information content (AvgIpc) is 3.11. The van der Waals surface area contributed by atoms with Crippen molar-refractivity contribution in [3.8, 4) is 23.0 Å². The fourth-order valence-corrected chi connectivity index (χ4v) is 2.67. The Labute approximate surface area is 156 Å². The molecule has 1 aliphatic rings. The minimum absolute atomic E-state index is 0.0136. The molecule has 1 aromatic heterocycles. The zero-order chi connectivity index (χ0) is 19.6. The second-order valence-electron chi connectivity index (χ2n) is 6.25. The van der Waals surface area contributed by atoms with Crippen LogP contribution in [0.2, 0.25) is 0 Å². The van der Waals surface area contributed by atoms with Gasteiger partial charge in [0.05, 0.1) is 19.9 Å². The fraction of sp³-hybridized carbons (Fsp3) is 0.316. The van der Waals surface area contributed by atoms with Gasteiger partial charge in [-0.2, -0.15) is 0 Å². The molecule has 8 heteroatoms. The van der Waals surface area contributed by atoms with Gasteiger partial charge in [-0.1, -0.05) is 0 Å². The Hall–Kier alpha value is -3.13. The number of ether oxygens (including phenoxy) is 2. The van der Waals surface area contributed by atoms with E-state index >= 15 is 0 Å². The number of nitrogens with zero attached hydrogens (tertiary/aromatic N) is 2. The fourth-order valence-electron chi connectivity index (χ4n) is 2.67.